The van der Waals surface area contributed by atoms with Gasteiger partial charge in [0.25, 0.3) is 5.91 Å². The first kappa shape index (κ1) is 11.4. The van der Waals surface area contributed by atoms with E-state index < -0.39 is 5.91 Å². The van der Waals surface area contributed by atoms with Crippen LogP contribution in [0.3, 0.4) is 0 Å². The molecule has 1 aromatic rings. The van der Waals surface area contributed by atoms with Gasteiger partial charge in [-0.3, -0.25) is 4.79 Å². The van der Waals surface area contributed by atoms with Crippen molar-refractivity contribution in [3.05, 3.63) is 34.7 Å². The predicted molar refractivity (Wildman–Crippen MR) is 56.7 cm³/mol. The zero-order valence-corrected chi connectivity index (χ0v) is 8.60. The molecule has 0 spiro atoms. The first-order valence-corrected chi connectivity index (χ1v) is 4.75. The maximum Gasteiger partial charge on any atom is 0.286 e. The number of hydrogen-bond donors (Lipinski definition) is 0. The number of nitrogens with zero attached hydrogens (tertiary/aromatic N) is 1. The second-order valence-electron chi connectivity index (χ2n) is 3.19. The number of nitroso groups, excluding NO2 is 1. The van der Waals surface area contributed by atoms with Crippen molar-refractivity contribution in [1.29, 1.82) is 0 Å². The van der Waals surface area contributed by atoms with E-state index in [1.54, 1.807) is 7.11 Å². The number of amides is 1. The summed E-state index contributed by atoms with van der Waals surface area (Å²) in [7, 11) is 1.61. The largest absolute Gasteiger partial charge is 0.497 e. The molecule has 15 heavy (non-hydrogen) atoms. The summed E-state index contributed by atoms with van der Waals surface area (Å²) in [5.74, 6) is 0.213. The Labute approximate surface area is 88.2 Å². The van der Waals surface area contributed by atoms with E-state index in [-0.39, 0.29) is 6.42 Å². The van der Waals surface area contributed by atoms with Crippen LogP contribution in [-0.2, 0) is 11.2 Å². The highest BCUT2D eigenvalue weighted by molar-refractivity contribution is 5.76. The molecule has 0 unspecified atom stereocenters. The van der Waals surface area contributed by atoms with Gasteiger partial charge >= 0.3 is 0 Å². The normalized spacial score (nSPS) is 9.67. The van der Waals surface area contributed by atoms with Gasteiger partial charge in [0.15, 0.2) is 0 Å². The maximum absolute atomic E-state index is 10.6. The van der Waals surface area contributed by atoms with Gasteiger partial charge < -0.3 is 4.74 Å². The number of carbonyl (C=O) groups excluding carboxylic acids is 1. The highest BCUT2D eigenvalue weighted by atomic mass is 16.5. The number of methoxy groups -OCH3 is 1. The molecule has 0 saturated carbocycles. The molecule has 0 aromatic heterocycles. The summed E-state index contributed by atoms with van der Waals surface area (Å²) < 4.78 is 5.07. The van der Waals surface area contributed by atoms with E-state index in [9.17, 15) is 9.70 Å². The van der Waals surface area contributed by atoms with E-state index >= 15 is 0 Å². The minimum atomic E-state index is -0.585. The fourth-order valence-corrected chi connectivity index (χ4v) is 1.32. The summed E-state index contributed by atoms with van der Waals surface area (Å²) >= 11 is 0. The van der Waals surface area contributed by atoms with Crippen molar-refractivity contribution in [1.82, 2.24) is 0 Å². The lowest BCUT2D eigenvalue weighted by atomic mass is 10.1. The quantitative estimate of drug-likeness (QED) is 0.696. The fourth-order valence-electron chi connectivity index (χ4n) is 1.32. The van der Waals surface area contributed by atoms with Gasteiger partial charge in [0.05, 0.1) is 7.11 Å². The highest BCUT2D eigenvalue weighted by Gasteiger charge is 2.01. The van der Waals surface area contributed by atoms with E-state index in [1.165, 1.54) is 0 Å². The zero-order valence-electron chi connectivity index (χ0n) is 8.60. The average molecular weight is 207 g/mol. The number of aryl methyl sites for hydroxylation is 1. The molecule has 1 amide bonds. The van der Waals surface area contributed by atoms with E-state index in [2.05, 4.69) is 5.18 Å². The summed E-state index contributed by atoms with van der Waals surface area (Å²) in [6, 6.07) is 7.63. The molecule has 0 atom stereocenters. The van der Waals surface area contributed by atoms with Crippen molar-refractivity contribution in [3.63, 3.8) is 0 Å². The Balaban J connectivity index is 2.43. The summed E-state index contributed by atoms with van der Waals surface area (Å²) in [5, 5.41) is 2.34. The molecule has 4 heteroatoms. The molecular weight excluding hydrogens is 194 g/mol. The molecule has 0 saturated heterocycles. The Bertz CT molecular complexity index is 349. The van der Waals surface area contributed by atoms with Crippen LogP contribution in [0.1, 0.15) is 18.4 Å². The lowest BCUT2D eigenvalue weighted by molar-refractivity contribution is -0.118. The Hall–Kier alpha value is -1.71. The Kier molecular flexibility index (Phi) is 4.47. The van der Waals surface area contributed by atoms with Gasteiger partial charge in [-0.15, -0.1) is 4.91 Å². The molecule has 0 aliphatic rings. The molecule has 0 bridgehead atoms. The molecule has 0 aliphatic carbocycles. The highest BCUT2D eigenvalue weighted by Crippen LogP contribution is 2.14. The molecule has 0 fully saturated rings. The second-order valence-corrected chi connectivity index (χ2v) is 3.19. The Morgan fingerprint density at radius 1 is 1.47 bits per heavy atom. The number of carbonyl (C=O) groups is 1. The molecule has 4 nitrogen and oxygen atoms in total. The number of rotatable bonds is 5. The standard InChI is InChI=1S/C11H13NO3/c1-15-10-6-2-4-9(8-10)5-3-7-11(13)12-14/h2,4,6,8H,3,5,7H2,1H3. The van der Waals surface area contributed by atoms with E-state index in [0.29, 0.717) is 6.42 Å². The van der Waals surface area contributed by atoms with Gasteiger partial charge in [-0.05, 0) is 30.5 Å². The van der Waals surface area contributed by atoms with Gasteiger partial charge in [-0.2, -0.15) is 0 Å². The van der Waals surface area contributed by atoms with Crippen LogP contribution in [0.15, 0.2) is 29.4 Å². The van der Waals surface area contributed by atoms with Gasteiger partial charge in [0, 0.05) is 11.6 Å². The molecule has 1 aromatic carbocycles. The van der Waals surface area contributed by atoms with Crippen molar-refractivity contribution in [2.75, 3.05) is 7.11 Å². The molecule has 0 heterocycles. The van der Waals surface area contributed by atoms with Crippen LogP contribution in [-0.4, -0.2) is 13.0 Å². The first-order chi connectivity index (χ1) is 7.26. The maximum atomic E-state index is 10.6. The molecule has 0 aliphatic heterocycles. The lowest BCUT2D eigenvalue weighted by Crippen LogP contribution is -1.94. The summed E-state index contributed by atoms with van der Waals surface area (Å²) in [6.45, 7) is 0. The Morgan fingerprint density at radius 2 is 2.27 bits per heavy atom. The van der Waals surface area contributed by atoms with Gasteiger partial charge in [-0.1, -0.05) is 12.1 Å². The predicted octanol–water partition coefficient (Wildman–Crippen LogP) is 2.31. The van der Waals surface area contributed by atoms with Crippen LogP contribution in [0.4, 0.5) is 0 Å². The number of hydrogen-bond acceptors (Lipinski definition) is 3. The van der Waals surface area contributed by atoms with E-state index in [1.807, 2.05) is 24.3 Å². The molecule has 0 N–H and O–H groups in total. The SMILES string of the molecule is COc1cccc(CCCC(=O)N=O)c1. The third-order valence-corrected chi connectivity index (χ3v) is 2.09. The second kappa shape index (κ2) is 5.90. The monoisotopic (exact) mass is 207 g/mol. The van der Waals surface area contributed by atoms with Crippen LogP contribution in [0.5, 0.6) is 5.75 Å². The number of ether oxygens (including phenoxy) is 1. The summed E-state index contributed by atoms with van der Waals surface area (Å²) in [4.78, 5) is 20.4. The van der Waals surface area contributed by atoms with E-state index in [0.717, 1.165) is 17.7 Å². The van der Waals surface area contributed by atoms with Crippen molar-refractivity contribution >= 4 is 5.91 Å². The third-order valence-electron chi connectivity index (χ3n) is 2.09. The van der Waals surface area contributed by atoms with Crippen LogP contribution in [0.25, 0.3) is 0 Å². The van der Waals surface area contributed by atoms with Crippen LogP contribution in [0.2, 0.25) is 0 Å². The zero-order chi connectivity index (χ0) is 11.1. The molecular formula is C11H13NO3. The smallest absolute Gasteiger partial charge is 0.286 e. The van der Waals surface area contributed by atoms with Crippen molar-refractivity contribution in [2.45, 2.75) is 19.3 Å². The number of benzene rings is 1. The van der Waals surface area contributed by atoms with Crippen molar-refractivity contribution in [3.8, 4) is 5.75 Å². The third kappa shape index (κ3) is 3.89. The average Bonchev–Trinajstić information content (AvgIpc) is 2.29. The van der Waals surface area contributed by atoms with Crippen LogP contribution in [0, 0.1) is 4.91 Å². The first-order valence-electron chi connectivity index (χ1n) is 4.75. The Morgan fingerprint density at radius 3 is 2.93 bits per heavy atom. The van der Waals surface area contributed by atoms with Crippen molar-refractivity contribution < 1.29 is 9.53 Å². The fraction of sp³-hybridized carbons (Fsp3) is 0.364. The molecule has 80 valence electrons. The van der Waals surface area contributed by atoms with Crippen LogP contribution < -0.4 is 4.74 Å². The van der Waals surface area contributed by atoms with Crippen molar-refractivity contribution in [2.24, 2.45) is 5.18 Å². The lowest BCUT2D eigenvalue weighted by Gasteiger charge is -2.02. The van der Waals surface area contributed by atoms with Crippen LogP contribution >= 0.6 is 0 Å². The topological polar surface area (TPSA) is 55.7 Å². The molecule has 0 radical (unpaired) electrons. The summed E-state index contributed by atoms with van der Waals surface area (Å²) in [6.07, 6.45) is 1.59. The van der Waals surface area contributed by atoms with Gasteiger partial charge in [0.1, 0.15) is 5.75 Å². The minimum absolute atomic E-state index is 0.209. The van der Waals surface area contributed by atoms with Gasteiger partial charge in [0.2, 0.25) is 0 Å². The van der Waals surface area contributed by atoms with Gasteiger partial charge in [-0.25, -0.2) is 0 Å². The molecule has 1 rings (SSSR count). The summed E-state index contributed by atoms with van der Waals surface area (Å²) in [5.41, 5.74) is 1.09. The van der Waals surface area contributed by atoms with E-state index in [4.69, 9.17) is 4.74 Å². The minimum Gasteiger partial charge on any atom is -0.497 e.